The van der Waals surface area contributed by atoms with E-state index in [0.29, 0.717) is 6.04 Å². The standard InChI is InChI=1S/C5H12N2.C3H6O2/c6-5-1-3-7-4-2-5;1-2-3(4)5/h5,7H,1-4,6H2;2H2,1H3,(H,4,5). The fourth-order valence-electron chi connectivity index (χ4n) is 0.844. The lowest BCUT2D eigenvalue weighted by molar-refractivity contribution is -0.136. The van der Waals surface area contributed by atoms with Crippen molar-refractivity contribution in [2.75, 3.05) is 13.1 Å². The minimum Gasteiger partial charge on any atom is -0.481 e. The van der Waals surface area contributed by atoms with Gasteiger partial charge >= 0.3 is 5.97 Å². The minimum atomic E-state index is -0.745. The predicted molar refractivity (Wildman–Crippen MR) is 48.0 cm³/mol. The van der Waals surface area contributed by atoms with Crippen LogP contribution in [-0.2, 0) is 4.79 Å². The van der Waals surface area contributed by atoms with Crippen LogP contribution in [0.4, 0.5) is 0 Å². The van der Waals surface area contributed by atoms with Crippen LogP contribution in [0.2, 0.25) is 0 Å². The van der Waals surface area contributed by atoms with Crippen LogP contribution in [0.3, 0.4) is 0 Å². The van der Waals surface area contributed by atoms with Gasteiger partial charge in [0, 0.05) is 12.5 Å². The third-order valence-corrected chi connectivity index (χ3v) is 1.69. The lowest BCUT2D eigenvalue weighted by Crippen LogP contribution is -2.35. The number of hydrogen-bond acceptors (Lipinski definition) is 3. The number of carboxylic acid groups (broad SMARTS) is 1. The van der Waals surface area contributed by atoms with E-state index in [1.807, 2.05) is 0 Å². The van der Waals surface area contributed by atoms with E-state index in [4.69, 9.17) is 10.8 Å². The molecule has 0 aromatic rings. The van der Waals surface area contributed by atoms with Gasteiger partial charge in [0.2, 0.25) is 0 Å². The molecule has 4 N–H and O–H groups in total. The molecule has 72 valence electrons. The highest BCUT2D eigenvalue weighted by atomic mass is 16.4. The Bertz CT molecular complexity index is 122. The molecule has 0 radical (unpaired) electrons. The zero-order chi connectivity index (χ0) is 9.40. The number of carboxylic acids is 1. The Labute approximate surface area is 73.1 Å². The van der Waals surface area contributed by atoms with Crippen molar-refractivity contribution in [3.63, 3.8) is 0 Å². The fraction of sp³-hybridized carbons (Fsp3) is 0.875. The molecular formula is C8H18N2O2. The van der Waals surface area contributed by atoms with E-state index in [2.05, 4.69) is 5.32 Å². The van der Waals surface area contributed by atoms with Gasteiger partial charge in [-0.1, -0.05) is 6.92 Å². The van der Waals surface area contributed by atoms with E-state index in [0.717, 1.165) is 25.9 Å². The highest BCUT2D eigenvalue weighted by molar-refractivity contribution is 5.66. The SMILES string of the molecule is CCC(=O)O.NC1CCNCC1. The van der Waals surface area contributed by atoms with E-state index >= 15 is 0 Å². The highest BCUT2D eigenvalue weighted by Crippen LogP contribution is 1.96. The first-order valence-corrected chi connectivity index (χ1v) is 4.35. The lowest BCUT2D eigenvalue weighted by Gasteiger charge is -2.17. The summed E-state index contributed by atoms with van der Waals surface area (Å²) in [5.74, 6) is -0.745. The van der Waals surface area contributed by atoms with Crippen molar-refractivity contribution >= 4 is 5.97 Å². The maximum Gasteiger partial charge on any atom is 0.303 e. The molecule has 1 fully saturated rings. The van der Waals surface area contributed by atoms with E-state index in [1.54, 1.807) is 6.92 Å². The highest BCUT2D eigenvalue weighted by Gasteiger charge is 2.05. The summed E-state index contributed by atoms with van der Waals surface area (Å²) in [5, 5.41) is 11.0. The molecule has 0 bridgehead atoms. The number of aliphatic carboxylic acids is 1. The average Bonchev–Trinajstić information content (AvgIpc) is 2.07. The Kier molecular flexibility index (Phi) is 6.70. The Balaban J connectivity index is 0.000000217. The van der Waals surface area contributed by atoms with Crippen molar-refractivity contribution < 1.29 is 9.90 Å². The second kappa shape index (κ2) is 7.06. The number of nitrogens with two attached hydrogens (primary N) is 1. The number of piperidine rings is 1. The summed E-state index contributed by atoms with van der Waals surface area (Å²) in [7, 11) is 0. The van der Waals surface area contributed by atoms with E-state index in [-0.39, 0.29) is 6.42 Å². The van der Waals surface area contributed by atoms with Crippen molar-refractivity contribution in [1.82, 2.24) is 5.32 Å². The average molecular weight is 174 g/mol. The van der Waals surface area contributed by atoms with Gasteiger partial charge in [-0.2, -0.15) is 0 Å². The van der Waals surface area contributed by atoms with Crippen LogP contribution in [-0.4, -0.2) is 30.2 Å². The van der Waals surface area contributed by atoms with Crippen LogP contribution >= 0.6 is 0 Å². The Morgan fingerprint density at radius 2 is 2.00 bits per heavy atom. The molecular weight excluding hydrogens is 156 g/mol. The van der Waals surface area contributed by atoms with Gasteiger partial charge < -0.3 is 16.2 Å². The van der Waals surface area contributed by atoms with Gasteiger partial charge in [-0.25, -0.2) is 0 Å². The van der Waals surface area contributed by atoms with Gasteiger partial charge in [0.05, 0.1) is 0 Å². The van der Waals surface area contributed by atoms with Crippen LogP contribution < -0.4 is 11.1 Å². The van der Waals surface area contributed by atoms with Gasteiger partial charge in [-0.15, -0.1) is 0 Å². The van der Waals surface area contributed by atoms with Crippen molar-refractivity contribution in [2.24, 2.45) is 5.73 Å². The van der Waals surface area contributed by atoms with Crippen molar-refractivity contribution in [2.45, 2.75) is 32.2 Å². The molecule has 1 rings (SSSR count). The van der Waals surface area contributed by atoms with Gasteiger partial charge in [0.25, 0.3) is 0 Å². The Hall–Kier alpha value is -0.610. The zero-order valence-corrected chi connectivity index (χ0v) is 7.55. The van der Waals surface area contributed by atoms with Crippen molar-refractivity contribution in [1.29, 1.82) is 0 Å². The Morgan fingerprint density at radius 1 is 1.58 bits per heavy atom. The van der Waals surface area contributed by atoms with Gasteiger partial charge in [0.1, 0.15) is 0 Å². The summed E-state index contributed by atoms with van der Waals surface area (Å²) in [4.78, 5) is 9.37. The topological polar surface area (TPSA) is 75.3 Å². The second-order valence-corrected chi connectivity index (χ2v) is 2.83. The normalized spacial score (nSPS) is 17.8. The molecule has 1 aliphatic heterocycles. The van der Waals surface area contributed by atoms with E-state index < -0.39 is 5.97 Å². The van der Waals surface area contributed by atoms with Crippen LogP contribution in [0.5, 0.6) is 0 Å². The molecule has 0 atom stereocenters. The monoisotopic (exact) mass is 174 g/mol. The summed E-state index contributed by atoms with van der Waals surface area (Å²) in [6, 6.07) is 0.473. The minimum absolute atomic E-state index is 0.222. The summed E-state index contributed by atoms with van der Waals surface area (Å²) in [6.07, 6.45) is 2.53. The maximum atomic E-state index is 9.37. The summed E-state index contributed by atoms with van der Waals surface area (Å²) >= 11 is 0. The van der Waals surface area contributed by atoms with Crippen LogP contribution in [0, 0.1) is 0 Å². The predicted octanol–water partition coefficient (Wildman–Crippen LogP) is 0.178. The first-order valence-electron chi connectivity index (χ1n) is 4.35. The van der Waals surface area contributed by atoms with Gasteiger partial charge in [0.15, 0.2) is 0 Å². The van der Waals surface area contributed by atoms with Crippen LogP contribution in [0.1, 0.15) is 26.2 Å². The molecule has 0 aromatic carbocycles. The number of carbonyl (C=O) groups is 1. The summed E-state index contributed by atoms with van der Waals surface area (Å²) in [5.41, 5.74) is 5.59. The van der Waals surface area contributed by atoms with Crippen LogP contribution in [0.15, 0.2) is 0 Å². The molecule has 0 aliphatic carbocycles. The molecule has 0 amide bonds. The van der Waals surface area contributed by atoms with E-state index in [1.165, 1.54) is 0 Å². The Morgan fingerprint density at radius 3 is 2.17 bits per heavy atom. The zero-order valence-electron chi connectivity index (χ0n) is 7.55. The molecule has 1 saturated heterocycles. The smallest absolute Gasteiger partial charge is 0.303 e. The largest absolute Gasteiger partial charge is 0.481 e. The van der Waals surface area contributed by atoms with Crippen molar-refractivity contribution in [3.05, 3.63) is 0 Å². The molecule has 0 spiro atoms. The third kappa shape index (κ3) is 7.50. The first kappa shape index (κ1) is 11.4. The lowest BCUT2D eigenvalue weighted by atomic mass is 10.1. The number of nitrogens with one attached hydrogen (secondary N) is 1. The molecule has 0 aromatic heterocycles. The summed E-state index contributed by atoms with van der Waals surface area (Å²) < 4.78 is 0. The molecule has 1 heterocycles. The van der Waals surface area contributed by atoms with Crippen LogP contribution in [0.25, 0.3) is 0 Å². The second-order valence-electron chi connectivity index (χ2n) is 2.83. The van der Waals surface area contributed by atoms with Gasteiger partial charge in [-0.3, -0.25) is 4.79 Å². The maximum absolute atomic E-state index is 9.37. The quantitative estimate of drug-likeness (QED) is 0.530. The number of hydrogen-bond donors (Lipinski definition) is 3. The first-order chi connectivity index (χ1) is 5.66. The molecule has 4 heteroatoms. The third-order valence-electron chi connectivity index (χ3n) is 1.69. The van der Waals surface area contributed by atoms with Gasteiger partial charge in [-0.05, 0) is 25.9 Å². The molecule has 4 nitrogen and oxygen atoms in total. The molecule has 0 saturated carbocycles. The van der Waals surface area contributed by atoms with Crippen molar-refractivity contribution in [3.8, 4) is 0 Å². The molecule has 12 heavy (non-hydrogen) atoms. The molecule has 1 aliphatic rings. The van der Waals surface area contributed by atoms with E-state index in [9.17, 15) is 4.79 Å². The fourth-order valence-corrected chi connectivity index (χ4v) is 0.844. The summed E-state index contributed by atoms with van der Waals surface area (Å²) in [6.45, 7) is 3.82. The number of rotatable bonds is 1. The molecule has 0 unspecified atom stereocenters.